The lowest BCUT2D eigenvalue weighted by Crippen LogP contribution is -2.42. The van der Waals surface area contributed by atoms with E-state index in [1.807, 2.05) is 11.4 Å². The average molecular weight is 323 g/mol. The van der Waals surface area contributed by atoms with Crippen LogP contribution >= 0.6 is 11.3 Å². The van der Waals surface area contributed by atoms with E-state index in [1.54, 1.807) is 17.9 Å². The highest BCUT2D eigenvalue weighted by Crippen LogP contribution is 2.19. The van der Waals surface area contributed by atoms with Crippen molar-refractivity contribution in [1.82, 2.24) is 4.90 Å². The summed E-state index contributed by atoms with van der Waals surface area (Å²) >= 11 is 1.39. The van der Waals surface area contributed by atoms with Crippen molar-refractivity contribution >= 4 is 29.0 Å². The first-order chi connectivity index (χ1) is 10.6. The Kier molecular flexibility index (Phi) is 6.12. The minimum atomic E-state index is -0.231. The van der Waals surface area contributed by atoms with Crippen LogP contribution < -0.4 is 0 Å². The quantitative estimate of drug-likeness (QED) is 0.596. The molecule has 1 aliphatic heterocycles. The molecular formula is C16H21NO4S. The Morgan fingerprint density at radius 3 is 2.86 bits per heavy atom. The van der Waals surface area contributed by atoms with Crippen molar-refractivity contribution in [3.05, 3.63) is 22.4 Å². The zero-order valence-corrected chi connectivity index (χ0v) is 13.6. The fraction of sp³-hybridized carbons (Fsp3) is 0.562. The summed E-state index contributed by atoms with van der Waals surface area (Å²) in [5, 5.41) is 1.85. The molecule has 0 aliphatic carbocycles. The topological polar surface area (TPSA) is 63.7 Å². The van der Waals surface area contributed by atoms with Crippen molar-refractivity contribution < 1.29 is 19.1 Å². The molecule has 5 nitrogen and oxygen atoms in total. The Morgan fingerprint density at radius 2 is 2.18 bits per heavy atom. The van der Waals surface area contributed by atoms with Gasteiger partial charge in [0.1, 0.15) is 0 Å². The molecule has 1 fully saturated rings. The number of carbonyl (C=O) groups excluding carboxylic acids is 3. The number of likely N-dealkylation sites (tertiary alicyclic amines) is 1. The van der Waals surface area contributed by atoms with Gasteiger partial charge in [-0.2, -0.15) is 0 Å². The van der Waals surface area contributed by atoms with Gasteiger partial charge in [-0.15, -0.1) is 11.3 Å². The van der Waals surface area contributed by atoms with Gasteiger partial charge >= 0.3 is 5.97 Å². The Hall–Kier alpha value is -1.69. The van der Waals surface area contributed by atoms with Crippen LogP contribution in [0, 0.1) is 5.92 Å². The summed E-state index contributed by atoms with van der Waals surface area (Å²) in [6.45, 7) is 3.20. The van der Waals surface area contributed by atoms with E-state index >= 15 is 0 Å². The zero-order chi connectivity index (χ0) is 15.9. The number of rotatable bonds is 6. The van der Waals surface area contributed by atoms with Crippen LogP contribution in [0.25, 0.3) is 0 Å². The Bertz CT molecular complexity index is 526. The minimum Gasteiger partial charge on any atom is -0.466 e. The van der Waals surface area contributed by atoms with Gasteiger partial charge in [-0.1, -0.05) is 6.07 Å². The van der Waals surface area contributed by atoms with Gasteiger partial charge < -0.3 is 9.64 Å². The number of ether oxygens (including phenoxy) is 1. The molecule has 0 saturated carbocycles. The number of ketones is 1. The first-order valence-electron chi connectivity index (χ1n) is 7.63. The zero-order valence-electron chi connectivity index (χ0n) is 12.7. The van der Waals surface area contributed by atoms with Gasteiger partial charge in [0.05, 0.1) is 17.4 Å². The molecule has 0 radical (unpaired) electrons. The number of piperidine rings is 1. The van der Waals surface area contributed by atoms with Crippen molar-refractivity contribution in [2.45, 2.75) is 32.6 Å². The first kappa shape index (κ1) is 16.7. The van der Waals surface area contributed by atoms with E-state index in [0.717, 1.165) is 12.8 Å². The lowest BCUT2D eigenvalue weighted by Gasteiger charge is -2.31. The van der Waals surface area contributed by atoms with Crippen LogP contribution in [0.4, 0.5) is 0 Å². The summed E-state index contributed by atoms with van der Waals surface area (Å²) in [5.74, 6) is -0.512. The van der Waals surface area contributed by atoms with E-state index in [2.05, 4.69) is 0 Å². The van der Waals surface area contributed by atoms with Gasteiger partial charge in [0.2, 0.25) is 5.91 Å². The first-order valence-corrected chi connectivity index (χ1v) is 8.51. The molecule has 1 aromatic rings. The standard InChI is InChI=1S/C16H21NO4S/c1-2-21-16(20)12-5-3-9-17(11-12)15(19)8-7-13(18)14-6-4-10-22-14/h4,6,10,12H,2-3,5,7-9,11H2,1H3. The smallest absolute Gasteiger partial charge is 0.310 e. The van der Waals surface area contributed by atoms with Crippen LogP contribution in [0.2, 0.25) is 0 Å². The highest BCUT2D eigenvalue weighted by atomic mass is 32.1. The highest BCUT2D eigenvalue weighted by Gasteiger charge is 2.29. The summed E-state index contributed by atoms with van der Waals surface area (Å²) in [4.78, 5) is 38.3. The number of thiophene rings is 1. The van der Waals surface area contributed by atoms with E-state index in [9.17, 15) is 14.4 Å². The Labute approximate surface area is 134 Å². The van der Waals surface area contributed by atoms with E-state index in [1.165, 1.54) is 11.3 Å². The van der Waals surface area contributed by atoms with Gasteiger partial charge in [-0.3, -0.25) is 14.4 Å². The lowest BCUT2D eigenvalue weighted by molar-refractivity contribution is -0.151. The van der Waals surface area contributed by atoms with Crippen LogP contribution in [-0.4, -0.2) is 42.3 Å². The number of carbonyl (C=O) groups is 3. The molecule has 1 atom stereocenters. The van der Waals surface area contributed by atoms with Crippen LogP contribution in [0.3, 0.4) is 0 Å². The van der Waals surface area contributed by atoms with Crippen molar-refractivity contribution in [2.75, 3.05) is 19.7 Å². The van der Waals surface area contributed by atoms with E-state index in [0.29, 0.717) is 24.6 Å². The predicted octanol–water partition coefficient (Wildman–Crippen LogP) is 2.51. The van der Waals surface area contributed by atoms with Crippen molar-refractivity contribution in [3.63, 3.8) is 0 Å². The van der Waals surface area contributed by atoms with Gasteiger partial charge in [-0.05, 0) is 31.2 Å². The second-order valence-electron chi connectivity index (χ2n) is 5.33. The summed E-state index contributed by atoms with van der Waals surface area (Å²) < 4.78 is 5.03. The molecule has 2 rings (SSSR count). The number of Topliss-reactive ketones (excluding diaryl/α,β-unsaturated/α-hetero) is 1. The number of esters is 1. The summed E-state index contributed by atoms with van der Waals surface area (Å²) in [7, 11) is 0. The third-order valence-electron chi connectivity index (χ3n) is 3.76. The highest BCUT2D eigenvalue weighted by molar-refractivity contribution is 7.12. The Morgan fingerprint density at radius 1 is 1.36 bits per heavy atom. The molecule has 6 heteroatoms. The lowest BCUT2D eigenvalue weighted by atomic mass is 9.97. The van der Waals surface area contributed by atoms with E-state index < -0.39 is 0 Å². The Balaban J connectivity index is 1.81. The molecule has 22 heavy (non-hydrogen) atoms. The molecule has 2 heterocycles. The van der Waals surface area contributed by atoms with Crippen molar-refractivity contribution in [1.29, 1.82) is 0 Å². The van der Waals surface area contributed by atoms with Gasteiger partial charge in [0.25, 0.3) is 0 Å². The van der Waals surface area contributed by atoms with Gasteiger partial charge in [0, 0.05) is 25.9 Å². The summed E-state index contributed by atoms with van der Waals surface area (Å²) in [6, 6.07) is 3.60. The fourth-order valence-corrected chi connectivity index (χ4v) is 3.29. The number of hydrogen-bond acceptors (Lipinski definition) is 5. The molecule has 120 valence electrons. The third-order valence-corrected chi connectivity index (χ3v) is 4.67. The van der Waals surface area contributed by atoms with Crippen LogP contribution in [0.15, 0.2) is 17.5 Å². The number of hydrogen-bond donors (Lipinski definition) is 0. The fourth-order valence-electron chi connectivity index (χ4n) is 2.60. The monoisotopic (exact) mass is 323 g/mol. The minimum absolute atomic E-state index is 0.00213. The van der Waals surface area contributed by atoms with Gasteiger partial charge in [-0.25, -0.2) is 0 Å². The summed E-state index contributed by atoms with van der Waals surface area (Å²) in [5.41, 5.74) is 0. The average Bonchev–Trinajstić information content (AvgIpc) is 3.07. The van der Waals surface area contributed by atoms with Crippen LogP contribution in [0.5, 0.6) is 0 Å². The SMILES string of the molecule is CCOC(=O)C1CCCN(C(=O)CCC(=O)c2cccs2)C1. The molecule has 1 aromatic heterocycles. The maximum atomic E-state index is 12.2. The largest absolute Gasteiger partial charge is 0.466 e. The predicted molar refractivity (Wildman–Crippen MR) is 83.8 cm³/mol. The van der Waals surface area contributed by atoms with Gasteiger partial charge in [0.15, 0.2) is 5.78 Å². The number of nitrogens with zero attached hydrogens (tertiary/aromatic N) is 1. The number of amides is 1. The molecule has 1 saturated heterocycles. The molecule has 0 spiro atoms. The summed E-state index contributed by atoms with van der Waals surface area (Å²) in [6.07, 6.45) is 1.98. The second kappa shape index (κ2) is 8.08. The molecule has 1 amide bonds. The van der Waals surface area contributed by atoms with E-state index in [-0.39, 0.29) is 36.4 Å². The maximum Gasteiger partial charge on any atom is 0.310 e. The van der Waals surface area contributed by atoms with E-state index in [4.69, 9.17) is 4.74 Å². The third kappa shape index (κ3) is 4.40. The van der Waals surface area contributed by atoms with Crippen LogP contribution in [-0.2, 0) is 14.3 Å². The van der Waals surface area contributed by atoms with Crippen LogP contribution in [0.1, 0.15) is 42.3 Å². The molecule has 0 aromatic carbocycles. The van der Waals surface area contributed by atoms with Crippen molar-refractivity contribution in [2.24, 2.45) is 5.92 Å². The molecule has 0 bridgehead atoms. The van der Waals surface area contributed by atoms with Crippen molar-refractivity contribution in [3.8, 4) is 0 Å². The second-order valence-corrected chi connectivity index (χ2v) is 6.28. The molecule has 0 N–H and O–H groups in total. The molecular weight excluding hydrogens is 302 g/mol. The normalized spacial score (nSPS) is 18.0. The molecule has 1 aliphatic rings. The maximum absolute atomic E-state index is 12.2. The molecule has 1 unspecified atom stereocenters.